The molecule has 0 saturated carbocycles. The van der Waals surface area contributed by atoms with Crippen molar-refractivity contribution in [2.24, 2.45) is 0 Å². The van der Waals surface area contributed by atoms with Gasteiger partial charge in [0.1, 0.15) is 6.33 Å². The van der Waals surface area contributed by atoms with Gasteiger partial charge in [0.25, 0.3) is 0 Å². The fourth-order valence-electron chi connectivity index (χ4n) is 2.40. The van der Waals surface area contributed by atoms with Crippen molar-refractivity contribution in [3.63, 3.8) is 0 Å². The maximum absolute atomic E-state index is 5.44. The van der Waals surface area contributed by atoms with Crippen molar-refractivity contribution in [3.05, 3.63) is 33.2 Å². The highest BCUT2D eigenvalue weighted by atomic mass is 79.9. The molecule has 0 bridgehead atoms. The van der Waals surface area contributed by atoms with Gasteiger partial charge < -0.3 is 18.8 Å². The Labute approximate surface area is 155 Å². The maximum Gasteiger partial charge on any atom is 0.245 e. The van der Waals surface area contributed by atoms with Gasteiger partial charge in [0.05, 0.1) is 38.7 Å². The third-order valence-electron chi connectivity index (χ3n) is 3.55. The van der Waals surface area contributed by atoms with Gasteiger partial charge in [-0.2, -0.15) is 4.98 Å². The van der Waals surface area contributed by atoms with Crippen LogP contribution in [-0.2, 0) is 6.54 Å². The minimum atomic E-state index is 0.448. The molecular formula is C15H14Br2N4O3. The predicted octanol–water partition coefficient (Wildman–Crippen LogP) is 3.43. The summed E-state index contributed by atoms with van der Waals surface area (Å²) in [7, 11) is 4.76. The summed E-state index contributed by atoms with van der Waals surface area (Å²) >= 11 is 7.18. The van der Waals surface area contributed by atoms with Gasteiger partial charge in [0.2, 0.25) is 5.88 Å². The van der Waals surface area contributed by atoms with Gasteiger partial charge in [-0.05, 0) is 22.0 Å². The minimum Gasteiger partial charge on any atom is -0.493 e. The first-order valence-corrected chi connectivity index (χ1v) is 8.48. The molecule has 0 aliphatic rings. The van der Waals surface area contributed by atoms with Gasteiger partial charge >= 0.3 is 0 Å². The molecule has 0 radical (unpaired) electrons. The molecule has 0 saturated heterocycles. The number of hydrogen-bond acceptors (Lipinski definition) is 6. The lowest BCUT2D eigenvalue weighted by atomic mass is 10.2. The van der Waals surface area contributed by atoms with E-state index in [9.17, 15) is 0 Å². The molecule has 0 spiro atoms. The van der Waals surface area contributed by atoms with Crippen LogP contribution in [0.4, 0.5) is 0 Å². The van der Waals surface area contributed by atoms with Gasteiger partial charge in [0, 0.05) is 10.0 Å². The minimum absolute atomic E-state index is 0.448. The molecule has 2 heterocycles. The molecule has 7 nitrogen and oxygen atoms in total. The number of aromatic nitrogens is 4. The quantitative estimate of drug-likeness (QED) is 0.584. The third-order valence-corrected chi connectivity index (χ3v) is 5.09. The second-order valence-corrected chi connectivity index (χ2v) is 6.46. The molecule has 1 aromatic carbocycles. The van der Waals surface area contributed by atoms with Crippen molar-refractivity contribution in [1.82, 2.24) is 19.5 Å². The fourth-order valence-corrected chi connectivity index (χ4v) is 3.89. The van der Waals surface area contributed by atoms with E-state index in [1.807, 2.05) is 10.6 Å². The molecule has 0 N–H and O–H groups in total. The molecule has 0 fully saturated rings. The summed E-state index contributed by atoms with van der Waals surface area (Å²) in [6, 6.07) is 1.87. The van der Waals surface area contributed by atoms with Gasteiger partial charge in [-0.1, -0.05) is 15.9 Å². The molecule has 0 aliphatic heterocycles. The zero-order valence-corrected chi connectivity index (χ0v) is 16.4. The van der Waals surface area contributed by atoms with Crippen LogP contribution in [0.1, 0.15) is 5.56 Å². The van der Waals surface area contributed by atoms with Crippen molar-refractivity contribution in [2.45, 2.75) is 6.54 Å². The first-order valence-electron chi connectivity index (χ1n) is 6.89. The van der Waals surface area contributed by atoms with Crippen molar-refractivity contribution < 1.29 is 14.2 Å². The van der Waals surface area contributed by atoms with Gasteiger partial charge in [0.15, 0.2) is 22.7 Å². The maximum atomic E-state index is 5.44. The summed E-state index contributed by atoms with van der Waals surface area (Å²) in [5.74, 6) is 1.72. The Bertz CT molecular complexity index is 898. The first-order chi connectivity index (χ1) is 11.6. The highest BCUT2D eigenvalue weighted by molar-refractivity contribution is 9.11. The Balaban J connectivity index is 2.09. The zero-order chi connectivity index (χ0) is 17.3. The number of benzene rings is 1. The highest BCUT2D eigenvalue weighted by Crippen LogP contribution is 2.42. The SMILES string of the molecule is COc1cc(Br)c(Cn2cnc3c(OC)ncnc32)c(Br)c1OC. The van der Waals surface area contributed by atoms with E-state index in [-0.39, 0.29) is 0 Å². The Morgan fingerprint density at radius 3 is 2.50 bits per heavy atom. The number of nitrogens with zero attached hydrogens (tertiary/aromatic N) is 4. The molecule has 9 heteroatoms. The van der Waals surface area contributed by atoms with E-state index in [0.29, 0.717) is 35.1 Å². The van der Waals surface area contributed by atoms with Crippen molar-refractivity contribution in [3.8, 4) is 17.4 Å². The van der Waals surface area contributed by atoms with Crippen LogP contribution in [0.3, 0.4) is 0 Å². The normalized spacial score (nSPS) is 10.9. The lowest BCUT2D eigenvalue weighted by Crippen LogP contribution is -2.04. The van der Waals surface area contributed by atoms with Crippen LogP contribution < -0.4 is 14.2 Å². The van der Waals surface area contributed by atoms with E-state index in [2.05, 4.69) is 46.8 Å². The number of hydrogen-bond donors (Lipinski definition) is 0. The second kappa shape index (κ2) is 6.94. The Morgan fingerprint density at radius 1 is 1.04 bits per heavy atom. The highest BCUT2D eigenvalue weighted by Gasteiger charge is 2.19. The van der Waals surface area contributed by atoms with E-state index < -0.39 is 0 Å². The van der Waals surface area contributed by atoms with E-state index in [4.69, 9.17) is 14.2 Å². The number of methoxy groups -OCH3 is 3. The van der Waals surface area contributed by atoms with Gasteiger partial charge in [-0.3, -0.25) is 0 Å². The molecule has 0 atom stereocenters. The fraction of sp³-hybridized carbons (Fsp3) is 0.267. The summed E-state index contributed by atoms with van der Waals surface area (Å²) in [6.07, 6.45) is 3.16. The standard InChI is InChI=1S/C15H14Br2N4O3/c1-22-10-4-9(16)8(11(17)13(10)23-2)5-21-7-20-12-14(21)18-6-19-15(12)24-3/h4,6-7H,5H2,1-3H3. The van der Waals surface area contributed by atoms with Gasteiger partial charge in [-0.25, -0.2) is 9.97 Å². The molecule has 3 rings (SSSR count). The molecule has 0 amide bonds. The van der Waals surface area contributed by atoms with Crippen molar-refractivity contribution in [1.29, 1.82) is 0 Å². The number of imidazole rings is 1. The molecule has 0 unspecified atom stereocenters. The number of halogens is 2. The molecular weight excluding hydrogens is 444 g/mol. The van der Waals surface area contributed by atoms with Crippen LogP contribution in [0.5, 0.6) is 17.4 Å². The number of fused-ring (bicyclic) bond motifs is 1. The van der Waals surface area contributed by atoms with Crippen molar-refractivity contribution >= 4 is 43.0 Å². The van der Waals surface area contributed by atoms with E-state index in [1.165, 1.54) is 6.33 Å². The molecule has 3 aromatic rings. The third kappa shape index (κ3) is 2.82. The van der Waals surface area contributed by atoms with Crippen molar-refractivity contribution in [2.75, 3.05) is 21.3 Å². The monoisotopic (exact) mass is 456 g/mol. The van der Waals surface area contributed by atoms with E-state index in [0.717, 1.165) is 14.5 Å². The average Bonchev–Trinajstić information content (AvgIpc) is 3.01. The van der Waals surface area contributed by atoms with Crippen LogP contribution in [0.2, 0.25) is 0 Å². The summed E-state index contributed by atoms with van der Waals surface area (Å²) in [6.45, 7) is 0.526. The smallest absolute Gasteiger partial charge is 0.245 e. The predicted molar refractivity (Wildman–Crippen MR) is 95.9 cm³/mol. The summed E-state index contributed by atoms with van der Waals surface area (Å²) in [4.78, 5) is 12.7. The molecule has 126 valence electrons. The van der Waals surface area contributed by atoms with E-state index in [1.54, 1.807) is 27.7 Å². The van der Waals surface area contributed by atoms with Crippen LogP contribution in [0, 0.1) is 0 Å². The summed E-state index contributed by atoms with van der Waals surface area (Å²) in [5.41, 5.74) is 2.28. The second-order valence-electron chi connectivity index (χ2n) is 4.81. The number of ether oxygens (including phenoxy) is 3. The van der Waals surface area contributed by atoms with Crippen LogP contribution in [0.25, 0.3) is 11.2 Å². The summed E-state index contributed by atoms with van der Waals surface area (Å²) < 4.78 is 19.6. The molecule has 2 aromatic heterocycles. The topological polar surface area (TPSA) is 71.3 Å². The largest absolute Gasteiger partial charge is 0.493 e. The molecule has 0 aliphatic carbocycles. The lowest BCUT2D eigenvalue weighted by molar-refractivity contribution is 0.352. The van der Waals surface area contributed by atoms with Crippen LogP contribution in [-0.4, -0.2) is 40.8 Å². The Hall–Kier alpha value is -1.87. The van der Waals surface area contributed by atoms with Crippen LogP contribution >= 0.6 is 31.9 Å². The lowest BCUT2D eigenvalue weighted by Gasteiger charge is -2.15. The first kappa shape index (κ1) is 17.0. The van der Waals surface area contributed by atoms with Gasteiger partial charge in [-0.15, -0.1) is 0 Å². The Kier molecular flexibility index (Phi) is 4.91. The number of rotatable bonds is 5. The zero-order valence-electron chi connectivity index (χ0n) is 13.2. The van der Waals surface area contributed by atoms with E-state index >= 15 is 0 Å². The average molecular weight is 458 g/mol. The Morgan fingerprint density at radius 2 is 1.83 bits per heavy atom. The van der Waals surface area contributed by atoms with Crippen LogP contribution in [0.15, 0.2) is 27.7 Å². The summed E-state index contributed by atoms with van der Waals surface area (Å²) in [5, 5.41) is 0. The molecule has 24 heavy (non-hydrogen) atoms.